The maximum absolute atomic E-state index is 13.4. The van der Waals surface area contributed by atoms with Crippen molar-refractivity contribution in [2.24, 2.45) is 11.5 Å². The second-order valence-electron chi connectivity index (χ2n) is 16.3. The van der Waals surface area contributed by atoms with E-state index < -0.39 is 67.1 Å². The molecule has 2 heterocycles. The van der Waals surface area contributed by atoms with Crippen LogP contribution in [0.3, 0.4) is 0 Å². The summed E-state index contributed by atoms with van der Waals surface area (Å²) in [6.45, 7) is 18.5. The summed E-state index contributed by atoms with van der Waals surface area (Å²) < 4.78 is 70.4. The van der Waals surface area contributed by atoms with E-state index in [1.54, 1.807) is 27.7 Å². The molecular formula is C38H59N9O8S2. The van der Waals surface area contributed by atoms with E-state index in [1.807, 2.05) is 41.5 Å². The molecule has 11 N–H and O–H groups in total. The molecule has 0 aliphatic carbocycles. The molecule has 2 amide bonds. The van der Waals surface area contributed by atoms with Crippen molar-refractivity contribution in [3.8, 4) is 11.5 Å². The Labute approximate surface area is 336 Å². The lowest BCUT2D eigenvalue weighted by Gasteiger charge is -2.20. The molecule has 0 unspecified atom stereocenters. The maximum atomic E-state index is 13.4. The summed E-state index contributed by atoms with van der Waals surface area (Å²) in [5, 5.41) is 24.4. The van der Waals surface area contributed by atoms with Crippen LogP contribution in [0.5, 0.6) is 11.5 Å². The molecule has 2 aromatic carbocycles. The Hall–Kier alpha value is -4.62. The molecule has 4 rings (SSSR count). The molecule has 316 valence electrons. The highest BCUT2D eigenvalue weighted by molar-refractivity contribution is 7.90. The van der Waals surface area contributed by atoms with Crippen LogP contribution in [0, 0.1) is 52.4 Å². The Morgan fingerprint density at radius 1 is 0.684 bits per heavy atom. The van der Waals surface area contributed by atoms with Gasteiger partial charge in [0.05, 0.1) is 15.8 Å². The molecule has 0 saturated carbocycles. The number of primary amides is 1. The van der Waals surface area contributed by atoms with Crippen LogP contribution >= 0.6 is 0 Å². The van der Waals surface area contributed by atoms with Crippen LogP contribution < -0.4 is 46.3 Å². The lowest BCUT2D eigenvalue weighted by atomic mass is 9.94. The highest BCUT2D eigenvalue weighted by Crippen LogP contribution is 2.45. The number of ether oxygens (including phenoxy) is 2. The zero-order valence-electron chi connectivity index (χ0n) is 34.5. The molecule has 0 spiro atoms. The van der Waals surface area contributed by atoms with Crippen LogP contribution in [0.25, 0.3) is 0 Å². The van der Waals surface area contributed by atoms with Gasteiger partial charge < -0.3 is 36.9 Å². The highest BCUT2D eigenvalue weighted by Gasteiger charge is 2.38. The van der Waals surface area contributed by atoms with E-state index in [1.165, 1.54) is 0 Å². The summed E-state index contributed by atoms with van der Waals surface area (Å²) in [6.07, 6.45) is 1.88. The maximum Gasteiger partial charge on any atom is 0.264 e. The zero-order valence-corrected chi connectivity index (χ0v) is 36.2. The fraction of sp³-hybridized carbons (Fsp3) is 0.579. The Morgan fingerprint density at radius 2 is 1.07 bits per heavy atom. The molecule has 0 saturated heterocycles. The lowest BCUT2D eigenvalue weighted by molar-refractivity contribution is -0.128. The molecular weight excluding hydrogens is 775 g/mol. The lowest BCUT2D eigenvalue weighted by Crippen LogP contribution is -2.50. The van der Waals surface area contributed by atoms with Crippen LogP contribution in [0.1, 0.15) is 97.9 Å². The van der Waals surface area contributed by atoms with Crippen LogP contribution in [-0.2, 0) is 42.5 Å². The zero-order chi connectivity index (χ0) is 43.0. The minimum Gasteiger partial charge on any atom is -0.487 e. The standard InChI is InChI=1S/C38H59N9O8S2/c1-19-21(3)31(23(5)25-17-37(7,8)54-29(19)25)56(50,51)46-35(41)43-15-11-13-27(39)34(49)45-28(33(40)48)14-12-16-44-36(42)47-57(52,53)32-22(4)20(2)30-26(24(32)6)18-38(9,10)55-30/h27-28H,11-18,39H2,1-10H3,(H2,40,48)(H,45,49)(H3,41,43,46)(H3,42,44,47)/t27-,28-/m0/s1. The topological polar surface area (TPSA) is 281 Å². The highest BCUT2D eigenvalue weighted by atomic mass is 32.2. The van der Waals surface area contributed by atoms with Gasteiger partial charge >= 0.3 is 0 Å². The van der Waals surface area contributed by atoms with Gasteiger partial charge in [-0.2, -0.15) is 0 Å². The fourth-order valence-electron chi connectivity index (χ4n) is 7.49. The van der Waals surface area contributed by atoms with E-state index in [4.69, 9.17) is 31.8 Å². The van der Waals surface area contributed by atoms with Gasteiger partial charge in [-0.15, -0.1) is 0 Å². The molecule has 0 radical (unpaired) electrons. The Bertz CT molecular complexity index is 2200. The first-order valence-electron chi connectivity index (χ1n) is 18.9. The minimum atomic E-state index is -4.13. The number of carbonyl (C=O) groups is 2. The molecule has 2 aromatic rings. The molecule has 17 nitrogen and oxygen atoms in total. The van der Waals surface area contributed by atoms with Gasteiger partial charge in [0.25, 0.3) is 20.0 Å². The van der Waals surface area contributed by atoms with Crippen LogP contribution in [0.15, 0.2) is 9.79 Å². The molecule has 0 aromatic heterocycles. The van der Waals surface area contributed by atoms with Crippen molar-refractivity contribution in [1.82, 2.24) is 25.4 Å². The third-order valence-corrected chi connectivity index (χ3v) is 13.8. The van der Waals surface area contributed by atoms with Gasteiger partial charge in [0.15, 0.2) is 0 Å². The summed E-state index contributed by atoms with van der Waals surface area (Å²) >= 11 is 0. The summed E-state index contributed by atoms with van der Waals surface area (Å²) in [6, 6.07) is -2.10. The summed E-state index contributed by atoms with van der Waals surface area (Å²) in [5.41, 5.74) is 16.0. The average molecular weight is 834 g/mol. The van der Waals surface area contributed by atoms with Crippen molar-refractivity contribution >= 4 is 43.8 Å². The minimum absolute atomic E-state index is 0.0885. The number of fused-ring (bicyclic) bond motifs is 2. The van der Waals surface area contributed by atoms with E-state index in [0.29, 0.717) is 53.0 Å². The van der Waals surface area contributed by atoms with Crippen LogP contribution in [-0.4, -0.2) is 76.9 Å². The smallest absolute Gasteiger partial charge is 0.264 e. The molecule has 19 heteroatoms. The molecule has 0 fully saturated rings. The van der Waals surface area contributed by atoms with Gasteiger partial charge in [0.2, 0.25) is 23.7 Å². The predicted octanol–water partition coefficient (Wildman–Crippen LogP) is 2.13. The Morgan fingerprint density at radius 3 is 1.46 bits per heavy atom. The van der Waals surface area contributed by atoms with Crippen molar-refractivity contribution < 1.29 is 35.9 Å². The molecule has 0 bridgehead atoms. The second kappa shape index (κ2) is 16.7. The Balaban J connectivity index is 1.21. The number of nitrogens with one attached hydrogen (secondary N) is 7. The van der Waals surface area contributed by atoms with E-state index in [9.17, 15) is 26.4 Å². The van der Waals surface area contributed by atoms with Crippen molar-refractivity contribution in [3.63, 3.8) is 0 Å². The molecule has 2 aliphatic heterocycles. The van der Waals surface area contributed by atoms with Gasteiger partial charge in [0, 0.05) is 37.1 Å². The number of hydrogen-bond acceptors (Lipinski definition) is 11. The molecule has 2 atom stereocenters. The second-order valence-corrected chi connectivity index (χ2v) is 19.5. The predicted molar refractivity (Wildman–Crippen MR) is 218 cm³/mol. The van der Waals surface area contributed by atoms with Crippen molar-refractivity contribution in [2.75, 3.05) is 13.1 Å². The number of sulfonamides is 2. The third kappa shape index (κ3) is 10.1. The third-order valence-electron chi connectivity index (χ3n) is 10.6. The normalized spacial score (nSPS) is 16.3. The van der Waals surface area contributed by atoms with E-state index in [-0.39, 0.29) is 42.1 Å². The van der Waals surface area contributed by atoms with Gasteiger partial charge in [0.1, 0.15) is 28.7 Å². The largest absolute Gasteiger partial charge is 0.487 e. The Kier molecular flexibility index (Phi) is 13.2. The number of guanidine groups is 2. The fourth-order valence-corrected chi connectivity index (χ4v) is 10.5. The first-order chi connectivity index (χ1) is 26.2. The van der Waals surface area contributed by atoms with E-state index in [0.717, 1.165) is 22.3 Å². The number of carbonyl (C=O) groups excluding carboxylic acids is 2. The quantitative estimate of drug-likeness (QED) is 0.0712. The average Bonchev–Trinajstić information content (AvgIpc) is 3.60. The van der Waals surface area contributed by atoms with E-state index in [2.05, 4.69) is 25.4 Å². The number of benzene rings is 2. The number of hydrogen-bond donors (Lipinski definition) is 9. The van der Waals surface area contributed by atoms with Crippen molar-refractivity contribution in [2.45, 2.75) is 141 Å². The summed E-state index contributed by atoms with van der Waals surface area (Å²) in [4.78, 5) is 25.2. The monoisotopic (exact) mass is 833 g/mol. The SMILES string of the molecule is Cc1c(C)c(S(=O)(=O)NC(=N)NCCC[C@H](NC(=O)[C@@H](N)CCCNC(=N)NS(=O)(=O)c2c(C)c(C)c3c(c2C)CC(C)(C)O3)C(N)=O)c(C)c2c1OC(C)(C)C2. The number of rotatable bonds is 15. The summed E-state index contributed by atoms with van der Waals surface area (Å²) in [7, 11) is -8.24. The van der Waals surface area contributed by atoms with Gasteiger partial charge in [-0.1, -0.05) is 0 Å². The van der Waals surface area contributed by atoms with Gasteiger partial charge in [-0.05, 0) is 128 Å². The van der Waals surface area contributed by atoms with E-state index >= 15 is 0 Å². The first-order valence-corrected chi connectivity index (χ1v) is 21.9. The van der Waals surface area contributed by atoms with Crippen molar-refractivity contribution in [3.05, 3.63) is 44.5 Å². The summed E-state index contributed by atoms with van der Waals surface area (Å²) in [5.74, 6) is -0.913. The molecule has 57 heavy (non-hydrogen) atoms. The number of amides is 2. The molecule has 2 aliphatic rings. The first kappa shape index (κ1) is 45.1. The van der Waals surface area contributed by atoms with Crippen molar-refractivity contribution in [1.29, 1.82) is 10.8 Å². The number of nitrogens with two attached hydrogens (primary N) is 2. The van der Waals surface area contributed by atoms with Crippen LogP contribution in [0.2, 0.25) is 0 Å². The van der Waals surface area contributed by atoms with Gasteiger partial charge in [-0.3, -0.25) is 20.4 Å². The van der Waals surface area contributed by atoms with Crippen LogP contribution in [0.4, 0.5) is 0 Å². The van der Waals surface area contributed by atoms with Gasteiger partial charge in [-0.25, -0.2) is 26.3 Å².